The lowest BCUT2D eigenvalue weighted by atomic mass is 10.0. The van der Waals surface area contributed by atoms with E-state index in [9.17, 15) is 4.79 Å². The molecule has 7 nitrogen and oxygen atoms in total. The Bertz CT molecular complexity index is 748. The van der Waals surface area contributed by atoms with Crippen LogP contribution in [-0.4, -0.2) is 40.4 Å². The average Bonchev–Trinajstić information content (AvgIpc) is 2.53. The van der Waals surface area contributed by atoms with Crippen molar-refractivity contribution in [3.63, 3.8) is 0 Å². The van der Waals surface area contributed by atoms with E-state index in [4.69, 9.17) is 11.5 Å². The van der Waals surface area contributed by atoms with E-state index < -0.39 is 0 Å². The molecule has 1 fully saturated rings. The number of rotatable bonds is 2. The number of nitrogens with zero attached hydrogens (tertiary/aromatic N) is 4. The zero-order valence-corrected chi connectivity index (χ0v) is 14.9. The molecule has 1 aromatic carbocycles. The van der Waals surface area contributed by atoms with E-state index in [2.05, 4.69) is 30.8 Å². The molecule has 1 atom stereocenters. The smallest absolute Gasteiger partial charge is 0.223 e. The van der Waals surface area contributed by atoms with Gasteiger partial charge < -0.3 is 21.3 Å². The molecule has 126 valence electrons. The third-order valence-electron chi connectivity index (χ3n) is 4.12. The summed E-state index contributed by atoms with van der Waals surface area (Å²) < 4.78 is 0.977. The molecule has 0 spiro atoms. The Hall–Kier alpha value is -2.35. The summed E-state index contributed by atoms with van der Waals surface area (Å²) >= 11 is 3.59. The van der Waals surface area contributed by atoms with Crippen molar-refractivity contribution in [3.8, 4) is 0 Å². The van der Waals surface area contributed by atoms with Crippen molar-refractivity contribution < 1.29 is 4.79 Å². The number of amides is 1. The minimum absolute atomic E-state index is 0.0529. The molecular formula is C16H19BrN6O. The summed E-state index contributed by atoms with van der Waals surface area (Å²) in [5.74, 6) is 1.22. The molecule has 1 amide bonds. The van der Waals surface area contributed by atoms with Crippen molar-refractivity contribution in [3.05, 3.63) is 40.4 Å². The van der Waals surface area contributed by atoms with E-state index in [0.29, 0.717) is 31.3 Å². The summed E-state index contributed by atoms with van der Waals surface area (Å²) in [5.41, 5.74) is 12.6. The lowest BCUT2D eigenvalue weighted by molar-refractivity contribution is -0.131. The molecule has 2 heterocycles. The van der Waals surface area contributed by atoms with Gasteiger partial charge in [-0.2, -0.15) is 9.97 Å². The number of nitrogen functional groups attached to an aromatic ring is 2. The third kappa shape index (κ3) is 3.28. The van der Waals surface area contributed by atoms with Gasteiger partial charge in [0.1, 0.15) is 11.6 Å². The fourth-order valence-electron chi connectivity index (χ4n) is 3.01. The predicted octanol–water partition coefficient (Wildman–Crippen LogP) is 1.81. The highest BCUT2D eigenvalue weighted by atomic mass is 79.9. The van der Waals surface area contributed by atoms with Gasteiger partial charge in [-0.15, -0.1) is 0 Å². The second-order valence-electron chi connectivity index (χ2n) is 5.70. The van der Waals surface area contributed by atoms with E-state index in [1.54, 1.807) is 13.0 Å². The molecule has 4 N–H and O–H groups in total. The van der Waals surface area contributed by atoms with Crippen LogP contribution in [0, 0.1) is 0 Å². The van der Waals surface area contributed by atoms with Gasteiger partial charge in [0.25, 0.3) is 0 Å². The van der Waals surface area contributed by atoms with E-state index in [1.165, 1.54) is 0 Å². The zero-order chi connectivity index (χ0) is 17.3. The van der Waals surface area contributed by atoms with Gasteiger partial charge in [0.05, 0.1) is 6.04 Å². The maximum atomic E-state index is 12.1. The van der Waals surface area contributed by atoms with Crippen LogP contribution < -0.4 is 16.4 Å². The van der Waals surface area contributed by atoms with Crippen LogP contribution in [0.1, 0.15) is 18.5 Å². The number of carbonyl (C=O) groups is 1. The van der Waals surface area contributed by atoms with Crippen molar-refractivity contribution in [1.82, 2.24) is 14.9 Å². The van der Waals surface area contributed by atoms with Crippen LogP contribution in [0.5, 0.6) is 0 Å². The van der Waals surface area contributed by atoms with Gasteiger partial charge in [-0.05, 0) is 11.6 Å². The molecule has 8 heteroatoms. The molecule has 1 aromatic heterocycles. The number of piperazine rings is 1. The van der Waals surface area contributed by atoms with Crippen LogP contribution in [-0.2, 0) is 4.79 Å². The fourth-order valence-corrected chi connectivity index (χ4v) is 3.56. The molecule has 3 rings (SSSR count). The number of hydrogen-bond donors (Lipinski definition) is 2. The van der Waals surface area contributed by atoms with Crippen molar-refractivity contribution in [1.29, 1.82) is 0 Å². The Morgan fingerprint density at radius 1 is 1.25 bits per heavy atom. The molecule has 1 aliphatic rings. The molecule has 0 unspecified atom stereocenters. The molecule has 0 saturated carbocycles. The molecular weight excluding hydrogens is 372 g/mol. The summed E-state index contributed by atoms with van der Waals surface area (Å²) in [6.45, 7) is 3.47. The van der Waals surface area contributed by atoms with Gasteiger partial charge in [-0.1, -0.05) is 34.1 Å². The highest BCUT2D eigenvalue weighted by molar-refractivity contribution is 9.10. The van der Waals surface area contributed by atoms with E-state index >= 15 is 0 Å². The topological polar surface area (TPSA) is 101 Å². The van der Waals surface area contributed by atoms with Gasteiger partial charge in [-0.25, -0.2) is 0 Å². The highest BCUT2D eigenvalue weighted by Crippen LogP contribution is 2.32. The normalized spacial score (nSPS) is 17.8. The van der Waals surface area contributed by atoms with E-state index in [-0.39, 0.29) is 17.9 Å². The molecule has 24 heavy (non-hydrogen) atoms. The largest absolute Gasteiger partial charge is 0.383 e. The monoisotopic (exact) mass is 390 g/mol. The van der Waals surface area contributed by atoms with Crippen molar-refractivity contribution in [2.45, 2.75) is 13.0 Å². The standard InChI is InChI=1S/C16H19BrN6O/c1-10(24)23-7-6-22(15-8-14(18)20-16(19)21-15)9-13(23)11-4-2-3-5-12(11)17/h2-5,8,13H,6-7,9H2,1H3,(H4,18,19,20,21)/t13-/m1/s1. The second kappa shape index (κ2) is 6.64. The van der Waals surface area contributed by atoms with Crippen molar-refractivity contribution >= 4 is 39.4 Å². The summed E-state index contributed by atoms with van der Waals surface area (Å²) in [7, 11) is 0. The first kappa shape index (κ1) is 16.5. The molecule has 0 radical (unpaired) electrons. The van der Waals surface area contributed by atoms with Gasteiger partial charge in [-0.3, -0.25) is 4.79 Å². The van der Waals surface area contributed by atoms with Gasteiger partial charge in [0.2, 0.25) is 11.9 Å². The highest BCUT2D eigenvalue weighted by Gasteiger charge is 2.31. The van der Waals surface area contributed by atoms with E-state index in [1.807, 2.05) is 29.2 Å². The summed E-state index contributed by atoms with van der Waals surface area (Å²) in [6, 6.07) is 9.56. The van der Waals surface area contributed by atoms with Crippen LogP contribution in [0.3, 0.4) is 0 Å². The van der Waals surface area contributed by atoms with Gasteiger partial charge in [0.15, 0.2) is 0 Å². The third-order valence-corrected chi connectivity index (χ3v) is 4.84. The fraction of sp³-hybridized carbons (Fsp3) is 0.312. The molecule has 1 aliphatic heterocycles. The quantitative estimate of drug-likeness (QED) is 0.810. The Morgan fingerprint density at radius 2 is 2.00 bits per heavy atom. The van der Waals surface area contributed by atoms with Gasteiger partial charge in [0, 0.05) is 37.1 Å². The van der Waals surface area contributed by atoms with Crippen LogP contribution in [0.25, 0.3) is 0 Å². The predicted molar refractivity (Wildman–Crippen MR) is 97.3 cm³/mol. The summed E-state index contributed by atoms with van der Waals surface area (Å²) in [6.07, 6.45) is 0. The van der Waals surface area contributed by atoms with Crippen molar-refractivity contribution in [2.75, 3.05) is 36.0 Å². The summed E-state index contributed by atoms with van der Waals surface area (Å²) in [4.78, 5) is 24.2. The first-order valence-corrected chi connectivity index (χ1v) is 8.41. The first-order chi connectivity index (χ1) is 11.5. The number of carbonyl (C=O) groups excluding carboxylic acids is 1. The molecule has 2 aromatic rings. The Morgan fingerprint density at radius 3 is 2.67 bits per heavy atom. The number of aromatic nitrogens is 2. The van der Waals surface area contributed by atoms with Crippen molar-refractivity contribution in [2.24, 2.45) is 0 Å². The number of halogens is 1. The van der Waals surface area contributed by atoms with Crippen LogP contribution in [0.2, 0.25) is 0 Å². The maximum absolute atomic E-state index is 12.1. The maximum Gasteiger partial charge on any atom is 0.223 e. The molecule has 0 aliphatic carbocycles. The number of hydrogen-bond acceptors (Lipinski definition) is 6. The van der Waals surface area contributed by atoms with Crippen LogP contribution in [0.15, 0.2) is 34.8 Å². The minimum Gasteiger partial charge on any atom is -0.383 e. The lowest BCUT2D eigenvalue weighted by Crippen LogP contribution is -2.50. The van der Waals surface area contributed by atoms with Crippen LogP contribution in [0.4, 0.5) is 17.6 Å². The zero-order valence-electron chi connectivity index (χ0n) is 13.3. The Labute approximate surface area is 148 Å². The number of benzene rings is 1. The number of anilines is 3. The molecule has 0 bridgehead atoms. The Balaban J connectivity index is 1.95. The van der Waals surface area contributed by atoms with Gasteiger partial charge >= 0.3 is 0 Å². The minimum atomic E-state index is -0.0794. The second-order valence-corrected chi connectivity index (χ2v) is 6.56. The van der Waals surface area contributed by atoms with Crippen LogP contribution >= 0.6 is 15.9 Å². The Kier molecular flexibility index (Phi) is 4.57. The molecule has 1 saturated heterocycles. The lowest BCUT2D eigenvalue weighted by Gasteiger charge is -2.42. The average molecular weight is 391 g/mol. The summed E-state index contributed by atoms with van der Waals surface area (Å²) in [5, 5.41) is 0. The number of nitrogens with two attached hydrogens (primary N) is 2. The SMILES string of the molecule is CC(=O)N1CCN(c2cc(N)nc(N)n2)C[C@@H]1c1ccccc1Br. The first-order valence-electron chi connectivity index (χ1n) is 7.62. The van der Waals surface area contributed by atoms with E-state index in [0.717, 1.165) is 10.0 Å².